The van der Waals surface area contributed by atoms with Gasteiger partial charge in [-0.3, -0.25) is 9.69 Å². The largest absolute Gasteiger partial charge is 0.466 e. The van der Waals surface area contributed by atoms with Gasteiger partial charge in [-0.05, 0) is 5.56 Å². The number of carbonyl (C=O) groups is 3. The quantitative estimate of drug-likeness (QED) is 0.848. The van der Waals surface area contributed by atoms with Gasteiger partial charge in [0.05, 0.1) is 25.0 Å². The highest BCUT2D eigenvalue weighted by molar-refractivity contribution is 6.01. The number of hydrogen-bond donors (Lipinski definition) is 1. The van der Waals surface area contributed by atoms with Crippen LogP contribution in [0.5, 0.6) is 0 Å². The van der Waals surface area contributed by atoms with E-state index in [-0.39, 0.29) is 17.9 Å². The van der Waals surface area contributed by atoms with Crippen LogP contribution in [-0.2, 0) is 19.1 Å². The molecule has 2 rings (SSSR count). The summed E-state index contributed by atoms with van der Waals surface area (Å²) < 4.78 is 9.89. The number of nitrogens with zero attached hydrogens (tertiary/aromatic N) is 1. The minimum Gasteiger partial charge on any atom is -0.466 e. The lowest BCUT2D eigenvalue weighted by Gasteiger charge is -2.36. The van der Waals surface area contributed by atoms with Crippen LogP contribution in [-0.4, -0.2) is 43.6 Å². The van der Waals surface area contributed by atoms with Crippen molar-refractivity contribution in [3.8, 4) is 0 Å². The lowest BCUT2D eigenvalue weighted by atomic mass is 9.93. The summed E-state index contributed by atoms with van der Waals surface area (Å²) in [5, 5.41) is 2.53. The van der Waals surface area contributed by atoms with Crippen molar-refractivity contribution in [1.82, 2.24) is 10.2 Å². The van der Waals surface area contributed by atoms with E-state index in [0.717, 1.165) is 4.90 Å². The molecule has 1 aliphatic rings. The van der Waals surface area contributed by atoms with Crippen molar-refractivity contribution in [3.63, 3.8) is 0 Å². The van der Waals surface area contributed by atoms with Gasteiger partial charge in [0.2, 0.25) is 5.91 Å². The molecular formula is C16H18N2O5. The van der Waals surface area contributed by atoms with Gasteiger partial charge in [-0.25, -0.2) is 9.59 Å². The molecule has 0 aliphatic carbocycles. The van der Waals surface area contributed by atoms with Gasteiger partial charge in [0, 0.05) is 14.0 Å². The summed E-state index contributed by atoms with van der Waals surface area (Å²) in [6, 6.07) is 7.36. The summed E-state index contributed by atoms with van der Waals surface area (Å²) in [6.45, 7) is 1.29. The monoisotopic (exact) mass is 318 g/mol. The minimum absolute atomic E-state index is 0.0191. The van der Waals surface area contributed by atoms with Crippen LogP contribution in [0.15, 0.2) is 41.6 Å². The SMILES string of the molecule is COCC1=C(C(=O)OC)C(c2ccccc2)N(C(C)=O)C(=O)N1. The normalized spacial score (nSPS) is 17.8. The average Bonchev–Trinajstić information content (AvgIpc) is 2.54. The van der Waals surface area contributed by atoms with Gasteiger partial charge in [0.25, 0.3) is 0 Å². The first kappa shape index (κ1) is 16.7. The molecule has 1 aromatic rings. The van der Waals surface area contributed by atoms with Crippen LogP contribution in [0.4, 0.5) is 4.79 Å². The predicted molar refractivity (Wildman–Crippen MR) is 81.2 cm³/mol. The number of benzene rings is 1. The van der Waals surface area contributed by atoms with Gasteiger partial charge in [0.15, 0.2) is 0 Å². The van der Waals surface area contributed by atoms with Crippen LogP contribution >= 0.6 is 0 Å². The fourth-order valence-electron chi connectivity index (χ4n) is 2.55. The maximum absolute atomic E-state index is 12.3. The number of methoxy groups -OCH3 is 2. The minimum atomic E-state index is -0.861. The number of esters is 1. The van der Waals surface area contributed by atoms with E-state index >= 15 is 0 Å². The molecule has 1 atom stereocenters. The second-order valence-electron chi connectivity index (χ2n) is 4.95. The van der Waals surface area contributed by atoms with Gasteiger partial charge in [-0.15, -0.1) is 0 Å². The number of ether oxygens (including phenoxy) is 2. The molecule has 1 N–H and O–H groups in total. The zero-order chi connectivity index (χ0) is 17.0. The van der Waals surface area contributed by atoms with Crippen molar-refractivity contribution in [1.29, 1.82) is 0 Å². The summed E-state index contributed by atoms with van der Waals surface area (Å²) in [4.78, 5) is 37.6. The number of amides is 3. The first-order valence-electron chi connectivity index (χ1n) is 6.97. The lowest BCUT2D eigenvalue weighted by Crippen LogP contribution is -2.51. The van der Waals surface area contributed by atoms with Gasteiger partial charge < -0.3 is 14.8 Å². The molecule has 3 amide bonds. The summed E-state index contributed by atoms with van der Waals surface area (Å²) in [7, 11) is 2.69. The third kappa shape index (κ3) is 3.24. The standard InChI is InChI=1S/C16H18N2O5/c1-10(19)18-14(11-7-5-4-6-8-11)13(15(20)23-3)12(9-22-2)17-16(18)21/h4-8,14H,9H2,1-3H3,(H,17,21). The Hall–Kier alpha value is -2.67. The topological polar surface area (TPSA) is 84.9 Å². The summed E-state index contributed by atoms with van der Waals surface area (Å²) in [5.74, 6) is -1.11. The van der Waals surface area contributed by atoms with E-state index in [1.807, 2.05) is 6.07 Å². The van der Waals surface area contributed by atoms with E-state index in [1.54, 1.807) is 24.3 Å². The first-order chi connectivity index (χ1) is 11.0. The van der Waals surface area contributed by atoms with Gasteiger partial charge in [0.1, 0.15) is 6.04 Å². The van der Waals surface area contributed by atoms with E-state index in [1.165, 1.54) is 21.1 Å². The molecule has 7 nitrogen and oxygen atoms in total. The van der Waals surface area contributed by atoms with Crippen molar-refractivity contribution in [3.05, 3.63) is 47.2 Å². The molecule has 23 heavy (non-hydrogen) atoms. The Labute approximate surface area is 133 Å². The summed E-state index contributed by atoms with van der Waals surface area (Å²) in [6.07, 6.45) is 0. The van der Waals surface area contributed by atoms with Crippen LogP contribution in [0.3, 0.4) is 0 Å². The molecule has 1 unspecified atom stereocenters. The zero-order valence-electron chi connectivity index (χ0n) is 13.2. The van der Waals surface area contributed by atoms with Crippen LogP contribution in [0.1, 0.15) is 18.5 Å². The fraction of sp³-hybridized carbons (Fsp3) is 0.312. The number of rotatable bonds is 4. The number of imide groups is 1. The molecule has 0 aromatic heterocycles. The summed E-state index contributed by atoms with van der Waals surface area (Å²) >= 11 is 0. The Balaban J connectivity index is 2.67. The molecule has 1 heterocycles. The Morgan fingerprint density at radius 1 is 1.22 bits per heavy atom. The molecule has 0 bridgehead atoms. The highest BCUT2D eigenvalue weighted by Gasteiger charge is 2.41. The molecule has 1 aliphatic heterocycles. The molecule has 0 spiro atoms. The number of hydrogen-bond acceptors (Lipinski definition) is 5. The van der Waals surface area contributed by atoms with E-state index < -0.39 is 23.9 Å². The van der Waals surface area contributed by atoms with Crippen molar-refractivity contribution in [2.24, 2.45) is 0 Å². The van der Waals surface area contributed by atoms with Crippen molar-refractivity contribution >= 4 is 17.9 Å². The van der Waals surface area contributed by atoms with Crippen molar-refractivity contribution < 1.29 is 23.9 Å². The maximum Gasteiger partial charge on any atom is 0.338 e. The molecule has 0 saturated heterocycles. The number of nitrogens with one attached hydrogen (secondary N) is 1. The molecule has 1 aromatic carbocycles. The van der Waals surface area contributed by atoms with E-state index in [4.69, 9.17) is 9.47 Å². The fourth-order valence-corrected chi connectivity index (χ4v) is 2.55. The van der Waals surface area contributed by atoms with Crippen molar-refractivity contribution in [2.75, 3.05) is 20.8 Å². The number of carbonyl (C=O) groups excluding carboxylic acids is 3. The Bertz CT molecular complexity index is 654. The van der Waals surface area contributed by atoms with Gasteiger partial charge >= 0.3 is 12.0 Å². The Morgan fingerprint density at radius 2 is 1.87 bits per heavy atom. The Kier molecular flexibility index (Phi) is 5.13. The van der Waals surface area contributed by atoms with Crippen LogP contribution in [0, 0.1) is 0 Å². The molecule has 7 heteroatoms. The smallest absolute Gasteiger partial charge is 0.338 e. The second kappa shape index (κ2) is 7.06. The second-order valence-corrected chi connectivity index (χ2v) is 4.95. The van der Waals surface area contributed by atoms with E-state index in [2.05, 4.69) is 5.32 Å². The lowest BCUT2D eigenvalue weighted by molar-refractivity contribution is -0.137. The van der Waals surface area contributed by atoms with Crippen LogP contribution < -0.4 is 5.32 Å². The van der Waals surface area contributed by atoms with Crippen LogP contribution in [0.25, 0.3) is 0 Å². The van der Waals surface area contributed by atoms with Crippen LogP contribution in [0.2, 0.25) is 0 Å². The van der Waals surface area contributed by atoms with E-state index in [0.29, 0.717) is 5.56 Å². The van der Waals surface area contributed by atoms with E-state index in [9.17, 15) is 14.4 Å². The predicted octanol–water partition coefficient (Wildman–Crippen LogP) is 1.37. The zero-order valence-corrected chi connectivity index (χ0v) is 13.2. The summed E-state index contributed by atoms with van der Waals surface area (Å²) in [5.41, 5.74) is 1.10. The maximum atomic E-state index is 12.3. The molecule has 0 saturated carbocycles. The van der Waals surface area contributed by atoms with Gasteiger partial charge in [-0.1, -0.05) is 30.3 Å². The third-order valence-electron chi connectivity index (χ3n) is 3.48. The molecule has 0 fully saturated rings. The molecular weight excluding hydrogens is 300 g/mol. The highest BCUT2D eigenvalue weighted by atomic mass is 16.5. The van der Waals surface area contributed by atoms with Gasteiger partial charge in [-0.2, -0.15) is 0 Å². The van der Waals surface area contributed by atoms with Crippen molar-refractivity contribution in [2.45, 2.75) is 13.0 Å². The number of urea groups is 1. The Morgan fingerprint density at radius 3 is 2.39 bits per heavy atom. The first-order valence-corrected chi connectivity index (χ1v) is 6.97. The molecule has 122 valence electrons. The third-order valence-corrected chi connectivity index (χ3v) is 3.48. The average molecular weight is 318 g/mol. The highest BCUT2D eigenvalue weighted by Crippen LogP contribution is 2.34. The molecule has 0 radical (unpaired) electrons.